The van der Waals surface area contributed by atoms with Gasteiger partial charge in [-0.2, -0.15) is 0 Å². The lowest BCUT2D eigenvalue weighted by molar-refractivity contribution is 0.276. The Morgan fingerprint density at radius 1 is 1.15 bits per heavy atom. The molecule has 0 amide bonds. The normalized spacial score (nSPS) is 10.9. The molecule has 0 spiro atoms. The van der Waals surface area contributed by atoms with Crippen LogP contribution in [0.15, 0.2) is 48.7 Å². The maximum Gasteiger partial charge on any atom is 0.137 e. The predicted molar refractivity (Wildman–Crippen MR) is 77.7 cm³/mol. The Labute approximate surface area is 117 Å². The minimum atomic E-state index is -0.0479. The van der Waals surface area contributed by atoms with E-state index < -0.39 is 0 Å². The third-order valence-electron chi connectivity index (χ3n) is 3.22. The Hall–Kier alpha value is -2.33. The summed E-state index contributed by atoms with van der Waals surface area (Å²) in [5, 5.41) is 9.62. The number of nitrogens with zero attached hydrogens (tertiary/aromatic N) is 2. The Balaban J connectivity index is 2.09. The van der Waals surface area contributed by atoms with Crippen LogP contribution < -0.4 is 4.74 Å². The van der Waals surface area contributed by atoms with Gasteiger partial charge in [0.2, 0.25) is 0 Å². The molecular formula is C16H16N2O2. The summed E-state index contributed by atoms with van der Waals surface area (Å²) < 4.78 is 7.35. The molecule has 1 aromatic carbocycles. The van der Waals surface area contributed by atoms with Gasteiger partial charge in [0.05, 0.1) is 24.6 Å². The highest BCUT2D eigenvalue weighted by Crippen LogP contribution is 2.26. The fraction of sp³-hybridized carbons (Fsp3) is 0.188. The molecule has 0 fully saturated rings. The van der Waals surface area contributed by atoms with Crippen LogP contribution in [0.4, 0.5) is 0 Å². The third-order valence-corrected chi connectivity index (χ3v) is 3.22. The van der Waals surface area contributed by atoms with Crippen LogP contribution in [0.2, 0.25) is 0 Å². The highest BCUT2D eigenvalue weighted by molar-refractivity contribution is 5.67. The van der Waals surface area contributed by atoms with E-state index in [2.05, 4.69) is 4.98 Å². The molecule has 0 aliphatic heterocycles. The van der Waals surface area contributed by atoms with E-state index >= 15 is 0 Å². The quantitative estimate of drug-likeness (QED) is 0.791. The van der Waals surface area contributed by atoms with Crippen LogP contribution in [0.25, 0.3) is 16.9 Å². The fourth-order valence-corrected chi connectivity index (χ4v) is 2.30. The Morgan fingerprint density at radius 3 is 2.65 bits per heavy atom. The summed E-state index contributed by atoms with van der Waals surface area (Å²) in [5.41, 5.74) is 3.41. The van der Waals surface area contributed by atoms with E-state index in [1.807, 2.05) is 60.0 Å². The van der Waals surface area contributed by atoms with Crippen LogP contribution in [0.5, 0.6) is 5.75 Å². The van der Waals surface area contributed by atoms with Gasteiger partial charge in [-0.3, -0.25) is 0 Å². The topological polar surface area (TPSA) is 46.8 Å². The average molecular weight is 268 g/mol. The van der Waals surface area contributed by atoms with Crippen molar-refractivity contribution in [3.8, 4) is 17.0 Å². The van der Waals surface area contributed by atoms with Gasteiger partial charge in [-0.1, -0.05) is 6.07 Å². The number of hydrogen-bond acceptors (Lipinski definition) is 3. The second-order valence-corrected chi connectivity index (χ2v) is 4.45. The van der Waals surface area contributed by atoms with Crippen LogP contribution in [0, 0.1) is 0 Å². The summed E-state index contributed by atoms with van der Waals surface area (Å²) in [6.07, 6.45) is 1.91. The number of benzene rings is 1. The lowest BCUT2D eigenvalue weighted by Gasteiger charge is -2.05. The fourth-order valence-electron chi connectivity index (χ4n) is 2.30. The monoisotopic (exact) mass is 268 g/mol. The molecular weight excluding hydrogens is 252 g/mol. The highest BCUT2D eigenvalue weighted by Gasteiger charge is 2.12. The lowest BCUT2D eigenvalue weighted by Crippen LogP contribution is -1.94. The third kappa shape index (κ3) is 2.14. The Morgan fingerprint density at radius 2 is 1.95 bits per heavy atom. The second kappa shape index (κ2) is 5.35. The van der Waals surface area contributed by atoms with Crippen molar-refractivity contribution in [1.29, 1.82) is 0 Å². The van der Waals surface area contributed by atoms with Crippen molar-refractivity contribution in [2.75, 3.05) is 6.61 Å². The van der Waals surface area contributed by atoms with E-state index in [0.29, 0.717) is 6.61 Å². The molecule has 3 aromatic rings. The largest absolute Gasteiger partial charge is 0.494 e. The van der Waals surface area contributed by atoms with Crippen molar-refractivity contribution in [3.63, 3.8) is 0 Å². The molecule has 102 valence electrons. The molecule has 20 heavy (non-hydrogen) atoms. The van der Waals surface area contributed by atoms with Crippen molar-refractivity contribution in [1.82, 2.24) is 9.38 Å². The molecule has 0 aliphatic carbocycles. The number of hydrogen-bond donors (Lipinski definition) is 1. The number of aromatic nitrogens is 2. The molecule has 0 aliphatic rings. The van der Waals surface area contributed by atoms with Gasteiger partial charge >= 0.3 is 0 Å². The van der Waals surface area contributed by atoms with Crippen LogP contribution >= 0.6 is 0 Å². The number of aliphatic hydroxyl groups is 1. The SMILES string of the molecule is CCOc1ccc(-c2nc3ccccn3c2CO)cc1. The summed E-state index contributed by atoms with van der Waals surface area (Å²) in [6, 6.07) is 13.6. The summed E-state index contributed by atoms with van der Waals surface area (Å²) in [5.74, 6) is 0.838. The van der Waals surface area contributed by atoms with Crippen molar-refractivity contribution in [2.24, 2.45) is 0 Å². The van der Waals surface area contributed by atoms with Gasteiger partial charge in [-0.15, -0.1) is 0 Å². The van der Waals surface area contributed by atoms with E-state index in [1.54, 1.807) is 0 Å². The minimum absolute atomic E-state index is 0.0479. The molecule has 3 rings (SSSR count). The van der Waals surface area contributed by atoms with Crippen molar-refractivity contribution in [2.45, 2.75) is 13.5 Å². The van der Waals surface area contributed by atoms with Gasteiger partial charge in [0.1, 0.15) is 11.4 Å². The highest BCUT2D eigenvalue weighted by atomic mass is 16.5. The van der Waals surface area contributed by atoms with E-state index in [0.717, 1.165) is 28.3 Å². The molecule has 2 heterocycles. The lowest BCUT2D eigenvalue weighted by atomic mass is 10.1. The van der Waals surface area contributed by atoms with Gasteiger partial charge in [-0.05, 0) is 43.3 Å². The Bertz CT molecular complexity index is 717. The minimum Gasteiger partial charge on any atom is -0.494 e. The molecule has 4 heteroatoms. The Kier molecular flexibility index (Phi) is 3.39. The van der Waals surface area contributed by atoms with E-state index in [1.165, 1.54) is 0 Å². The first-order valence-corrected chi connectivity index (χ1v) is 6.63. The molecule has 0 saturated heterocycles. The van der Waals surface area contributed by atoms with E-state index in [9.17, 15) is 5.11 Å². The molecule has 0 atom stereocenters. The summed E-state index contributed by atoms with van der Waals surface area (Å²) in [4.78, 5) is 4.59. The zero-order valence-electron chi connectivity index (χ0n) is 11.3. The van der Waals surface area contributed by atoms with Crippen molar-refractivity contribution >= 4 is 5.65 Å². The number of pyridine rings is 1. The number of aliphatic hydroxyl groups excluding tert-OH is 1. The van der Waals surface area contributed by atoms with Crippen molar-refractivity contribution < 1.29 is 9.84 Å². The number of fused-ring (bicyclic) bond motifs is 1. The maximum atomic E-state index is 9.62. The summed E-state index contributed by atoms with van der Waals surface area (Å²) >= 11 is 0. The van der Waals surface area contributed by atoms with Crippen LogP contribution in [-0.4, -0.2) is 21.1 Å². The second-order valence-electron chi connectivity index (χ2n) is 4.45. The first kappa shape index (κ1) is 12.7. The van der Waals surface area contributed by atoms with Gasteiger partial charge in [-0.25, -0.2) is 4.98 Å². The predicted octanol–water partition coefficient (Wildman–Crippen LogP) is 2.89. The van der Waals surface area contributed by atoms with Crippen LogP contribution in [0.3, 0.4) is 0 Å². The molecule has 2 aromatic heterocycles. The maximum absolute atomic E-state index is 9.62. The van der Waals surface area contributed by atoms with Gasteiger partial charge in [0.25, 0.3) is 0 Å². The molecule has 0 unspecified atom stereocenters. The van der Waals surface area contributed by atoms with Crippen LogP contribution in [0.1, 0.15) is 12.6 Å². The molecule has 0 radical (unpaired) electrons. The van der Waals surface area contributed by atoms with Gasteiger partial charge in [0, 0.05) is 11.8 Å². The first-order valence-electron chi connectivity index (χ1n) is 6.63. The standard InChI is InChI=1S/C16H16N2O2/c1-2-20-13-8-6-12(7-9-13)16-14(11-19)18-10-4-3-5-15(18)17-16/h3-10,19H,2,11H2,1H3. The van der Waals surface area contributed by atoms with Crippen molar-refractivity contribution in [3.05, 3.63) is 54.4 Å². The zero-order chi connectivity index (χ0) is 13.9. The molecule has 4 nitrogen and oxygen atoms in total. The zero-order valence-corrected chi connectivity index (χ0v) is 11.3. The number of ether oxygens (including phenoxy) is 1. The summed E-state index contributed by atoms with van der Waals surface area (Å²) in [6.45, 7) is 2.56. The number of rotatable bonds is 4. The van der Waals surface area contributed by atoms with Crippen LogP contribution in [-0.2, 0) is 6.61 Å². The van der Waals surface area contributed by atoms with E-state index in [4.69, 9.17) is 4.74 Å². The van der Waals surface area contributed by atoms with E-state index in [-0.39, 0.29) is 6.61 Å². The molecule has 0 saturated carbocycles. The number of imidazole rings is 1. The molecule has 1 N–H and O–H groups in total. The first-order chi connectivity index (χ1) is 9.83. The van der Waals surface area contributed by atoms with Gasteiger partial charge < -0.3 is 14.2 Å². The average Bonchev–Trinajstić information content (AvgIpc) is 2.87. The van der Waals surface area contributed by atoms with Gasteiger partial charge in [0.15, 0.2) is 0 Å². The smallest absolute Gasteiger partial charge is 0.137 e. The molecule has 0 bridgehead atoms. The summed E-state index contributed by atoms with van der Waals surface area (Å²) in [7, 11) is 0.